The largest absolute Gasteiger partial charge is 0.449 e. The molecule has 5 unspecified atom stereocenters. The average Bonchev–Trinajstić information content (AvgIpc) is 2.62. The average molecular weight is 356 g/mol. The summed E-state index contributed by atoms with van der Waals surface area (Å²) >= 11 is 0. The fraction of sp³-hybridized carbons (Fsp3) is 0.450. The highest BCUT2D eigenvalue weighted by Gasteiger charge is 2.65. The smallest absolute Gasteiger partial charge is 0.283 e. The lowest BCUT2D eigenvalue weighted by molar-refractivity contribution is -0.275. The van der Waals surface area contributed by atoms with Crippen molar-refractivity contribution in [2.45, 2.75) is 43.4 Å². The Bertz CT molecular complexity index is 852. The van der Waals surface area contributed by atoms with Gasteiger partial charge in [0.15, 0.2) is 0 Å². The van der Waals surface area contributed by atoms with Gasteiger partial charge in [0.1, 0.15) is 23.4 Å². The number of ketones is 1. The number of benzene rings is 2. The maximum Gasteiger partial charge on any atom is 0.283 e. The van der Waals surface area contributed by atoms with Gasteiger partial charge in [-0.3, -0.25) is 4.79 Å². The number of carbonyl (C=O) groups excluding carboxylic acids is 1. The number of rotatable bonds is 0. The monoisotopic (exact) mass is 356 g/mol. The summed E-state index contributed by atoms with van der Waals surface area (Å²) in [5.41, 5.74) is 0. The molecule has 6 heteroatoms. The normalized spacial score (nSPS) is 34.9. The third kappa shape index (κ3) is 2.00. The minimum atomic E-state index is -1.60. The van der Waals surface area contributed by atoms with Crippen LogP contribution >= 0.6 is 0 Å². The van der Waals surface area contributed by atoms with Gasteiger partial charge in [0.25, 0.3) is 5.79 Å². The van der Waals surface area contributed by atoms with E-state index in [1.807, 2.05) is 24.3 Å². The Hall–Kier alpha value is -2.15. The Balaban J connectivity index is 1.69. The van der Waals surface area contributed by atoms with Crippen LogP contribution in [0.15, 0.2) is 36.4 Å². The second-order valence-electron chi connectivity index (χ2n) is 7.49. The van der Waals surface area contributed by atoms with Gasteiger partial charge in [-0.05, 0) is 30.4 Å². The van der Waals surface area contributed by atoms with Crippen LogP contribution < -0.4 is 9.47 Å². The third-order valence-electron chi connectivity index (χ3n) is 6.04. The van der Waals surface area contributed by atoms with Gasteiger partial charge in [-0.2, -0.15) is 0 Å². The van der Waals surface area contributed by atoms with Crippen LogP contribution in [-0.4, -0.2) is 45.2 Å². The van der Waals surface area contributed by atoms with Crippen LogP contribution in [0.3, 0.4) is 0 Å². The first-order chi connectivity index (χ1) is 12.5. The van der Waals surface area contributed by atoms with Gasteiger partial charge in [0.05, 0.1) is 29.4 Å². The molecule has 0 amide bonds. The molecule has 0 radical (unpaired) electrons. The molecule has 0 aromatic heterocycles. The van der Waals surface area contributed by atoms with Gasteiger partial charge in [-0.25, -0.2) is 0 Å². The lowest BCUT2D eigenvalue weighted by atomic mass is 9.63. The lowest BCUT2D eigenvalue weighted by Crippen LogP contribution is -2.70. The Labute approximate surface area is 150 Å². The van der Waals surface area contributed by atoms with E-state index in [2.05, 4.69) is 0 Å². The quantitative estimate of drug-likeness (QED) is 0.660. The van der Waals surface area contributed by atoms with E-state index in [0.717, 1.165) is 10.8 Å². The molecule has 5 atom stereocenters. The highest BCUT2D eigenvalue weighted by atomic mass is 16.7. The topological polar surface area (TPSA) is 96.2 Å². The molecule has 2 aromatic rings. The molecule has 0 saturated heterocycles. The predicted octanol–water partition coefficient (Wildman–Crippen LogP) is 1.39. The Kier molecular flexibility index (Phi) is 3.35. The number of fused-ring (bicyclic) bond motifs is 2. The minimum Gasteiger partial charge on any atom is -0.449 e. The fourth-order valence-corrected chi connectivity index (χ4v) is 4.88. The summed E-state index contributed by atoms with van der Waals surface area (Å²) in [5, 5.41) is 33.7. The summed E-state index contributed by atoms with van der Waals surface area (Å²) in [6.45, 7) is 0. The van der Waals surface area contributed by atoms with E-state index in [1.54, 1.807) is 12.1 Å². The summed E-state index contributed by atoms with van der Waals surface area (Å²) in [4.78, 5) is 12.5. The van der Waals surface area contributed by atoms with E-state index in [4.69, 9.17) is 9.47 Å². The zero-order valence-corrected chi connectivity index (χ0v) is 14.0. The second kappa shape index (κ2) is 5.42. The van der Waals surface area contributed by atoms with Crippen LogP contribution in [0.5, 0.6) is 11.5 Å². The first-order valence-corrected chi connectivity index (χ1v) is 8.98. The van der Waals surface area contributed by atoms with Crippen molar-refractivity contribution in [1.29, 1.82) is 0 Å². The van der Waals surface area contributed by atoms with Gasteiger partial charge >= 0.3 is 0 Å². The SMILES string of the molecule is O=C1CC(O)C2(Oc3cccc4cccc(c34)O2)C2C(O)CCC(O)C12. The molecule has 1 heterocycles. The molecule has 2 aliphatic carbocycles. The lowest BCUT2D eigenvalue weighted by Gasteiger charge is -2.54. The number of Topliss-reactive ketones (excluding diaryl/α,β-unsaturated/α-hetero) is 1. The van der Waals surface area contributed by atoms with Crippen molar-refractivity contribution in [1.82, 2.24) is 0 Å². The van der Waals surface area contributed by atoms with Crippen molar-refractivity contribution in [2.24, 2.45) is 11.8 Å². The maximum atomic E-state index is 12.5. The van der Waals surface area contributed by atoms with Crippen molar-refractivity contribution >= 4 is 16.6 Å². The molecular weight excluding hydrogens is 336 g/mol. The van der Waals surface area contributed by atoms with Crippen molar-refractivity contribution < 1.29 is 29.6 Å². The van der Waals surface area contributed by atoms with Crippen LogP contribution in [-0.2, 0) is 4.79 Å². The maximum absolute atomic E-state index is 12.5. The number of aliphatic hydroxyl groups is 3. The number of carbonyl (C=O) groups is 1. The molecule has 136 valence electrons. The Morgan fingerprint density at radius 3 is 2.19 bits per heavy atom. The van der Waals surface area contributed by atoms with Gasteiger partial charge in [0.2, 0.25) is 0 Å². The van der Waals surface area contributed by atoms with E-state index in [9.17, 15) is 20.1 Å². The van der Waals surface area contributed by atoms with E-state index in [1.165, 1.54) is 0 Å². The number of ether oxygens (including phenoxy) is 2. The second-order valence-corrected chi connectivity index (χ2v) is 7.49. The van der Waals surface area contributed by atoms with Crippen LogP contribution in [0, 0.1) is 11.8 Å². The standard InChI is InChI=1S/C20H20O6/c21-11-7-8-12(22)19-18(11)13(23)9-16(24)20(19)25-14-5-1-3-10-4-2-6-15(26-20)17(10)14/h1-6,11-12,16,18-19,21-22,24H,7-9H2. The summed E-state index contributed by atoms with van der Waals surface area (Å²) < 4.78 is 12.4. The summed E-state index contributed by atoms with van der Waals surface area (Å²) in [6.07, 6.45) is -2.54. The van der Waals surface area contributed by atoms with E-state index < -0.39 is 35.9 Å². The molecule has 1 aliphatic heterocycles. The van der Waals surface area contributed by atoms with Crippen molar-refractivity contribution in [3.63, 3.8) is 0 Å². The fourth-order valence-electron chi connectivity index (χ4n) is 4.88. The molecule has 2 fully saturated rings. The molecule has 2 aromatic carbocycles. The molecule has 5 rings (SSSR count). The Morgan fingerprint density at radius 2 is 1.54 bits per heavy atom. The van der Waals surface area contributed by atoms with Crippen LogP contribution in [0.1, 0.15) is 19.3 Å². The molecule has 3 N–H and O–H groups in total. The van der Waals surface area contributed by atoms with Gasteiger partial charge in [0, 0.05) is 6.42 Å². The van der Waals surface area contributed by atoms with Crippen molar-refractivity contribution in [3.05, 3.63) is 36.4 Å². The first-order valence-electron chi connectivity index (χ1n) is 8.98. The van der Waals surface area contributed by atoms with Gasteiger partial charge < -0.3 is 24.8 Å². The number of hydrogen-bond donors (Lipinski definition) is 3. The van der Waals surface area contributed by atoms with E-state index in [0.29, 0.717) is 24.3 Å². The van der Waals surface area contributed by atoms with Crippen LogP contribution in [0.4, 0.5) is 0 Å². The van der Waals surface area contributed by atoms with Gasteiger partial charge in [-0.15, -0.1) is 0 Å². The molecular formula is C20H20O6. The molecule has 2 saturated carbocycles. The van der Waals surface area contributed by atoms with Crippen LogP contribution in [0.25, 0.3) is 10.8 Å². The minimum absolute atomic E-state index is 0.177. The Morgan fingerprint density at radius 1 is 0.923 bits per heavy atom. The van der Waals surface area contributed by atoms with E-state index >= 15 is 0 Å². The predicted molar refractivity (Wildman–Crippen MR) is 91.8 cm³/mol. The van der Waals surface area contributed by atoms with Crippen molar-refractivity contribution in [2.75, 3.05) is 0 Å². The molecule has 3 aliphatic rings. The molecule has 1 spiro atoms. The summed E-state index contributed by atoms with van der Waals surface area (Å²) in [7, 11) is 0. The molecule has 0 bridgehead atoms. The molecule has 26 heavy (non-hydrogen) atoms. The van der Waals surface area contributed by atoms with E-state index in [-0.39, 0.29) is 12.2 Å². The molecule has 6 nitrogen and oxygen atoms in total. The van der Waals surface area contributed by atoms with Crippen LogP contribution in [0.2, 0.25) is 0 Å². The first kappa shape index (κ1) is 16.1. The third-order valence-corrected chi connectivity index (χ3v) is 6.04. The highest BCUT2D eigenvalue weighted by molar-refractivity contribution is 5.94. The zero-order valence-electron chi connectivity index (χ0n) is 14.0. The number of hydrogen-bond acceptors (Lipinski definition) is 6. The zero-order chi connectivity index (χ0) is 18.1. The van der Waals surface area contributed by atoms with Crippen molar-refractivity contribution in [3.8, 4) is 11.5 Å². The summed E-state index contributed by atoms with van der Waals surface area (Å²) in [6, 6.07) is 11.2. The number of aliphatic hydroxyl groups excluding tert-OH is 3. The van der Waals surface area contributed by atoms with Gasteiger partial charge in [-0.1, -0.05) is 24.3 Å². The summed E-state index contributed by atoms with van der Waals surface area (Å²) in [5.74, 6) is -2.42. The highest BCUT2D eigenvalue weighted by Crippen LogP contribution is 2.52.